The van der Waals surface area contributed by atoms with Crippen molar-refractivity contribution in [1.82, 2.24) is 0 Å². The third-order valence-electron chi connectivity index (χ3n) is 1.78. The van der Waals surface area contributed by atoms with Crippen molar-refractivity contribution < 1.29 is 29.9 Å². The largest absolute Gasteiger partial charge is 0.387 e. The molecule has 1 heterocycles. The average molecular weight is 180 g/mol. The molecule has 5 atom stereocenters. The number of hydrogen-bond donors (Lipinski definition) is 4. The van der Waals surface area contributed by atoms with Crippen LogP contribution in [0.2, 0.25) is 0 Å². The molecule has 0 aromatic rings. The first-order valence-electron chi connectivity index (χ1n) is 3.48. The molecule has 0 aliphatic carbocycles. The molecule has 0 aromatic heterocycles. The second-order valence-electron chi connectivity index (χ2n) is 2.60. The molecule has 72 valence electrons. The molecule has 1 fully saturated rings. The predicted octanol–water partition coefficient (Wildman–Crippen LogP) is -2.61. The normalized spacial score (nSPS) is 49.2. The monoisotopic (exact) mass is 180 g/mol. The van der Waals surface area contributed by atoms with E-state index in [2.05, 4.69) is 9.47 Å². The average Bonchev–Trinajstić information content (AvgIpc) is 2.08. The van der Waals surface area contributed by atoms with E-state index in [1.807, 2.05) is 0 Å². The fourth-order valence-corrected chi connectivity index (χ4v) is 1.03. The topological polar surface area (TPSA) is 99.4 Å². The van der Waals surface area contributed by atoms with Crippen LogP contribution in [0, 0.1) is 0 Å². The molecule has 0 radical (unpaired) electrons. The second-order valence-corrected chi connectivity index (χ2v) is 2.60. The van der Waals surface area contributed by atoms with Crippen LogP contribution in [0.5, 0.6) is 0 Å². The predicted molar refractivity (Wildman–Crippen MR) is 35.9 cm³/mol. The van der Waals surface area contributed by atoms with Crippen LogP contribution in [0.1, 0.15) is 0 Å². The van der Waals surface area contributed by atoms with Gasteiger partial charge in [0.1, 0.15) is 18.3 Å². The molecule has 0 spiro atoms. The van der Waals surface area contributed by atoms with Crippen molar-refractivity contribution in [2.75, 3.05) is 7.11 Å². The summed E-state index contributed by atoms with van der Waals surface area (Å²) in [4.78, 5) is 0. The SMILES string of the molecule is COC1O[C@@H](O)C(O)C(O)C1O. The van der Waals surface area contributed by atoms with Crippen molar-refractivity contribution in [1.29, 1.82) is 0 Å². The molecule has 12 heavy (non-hydrogen) atoms. The van der Waals surface area contributed by atoms with Gasteiger partial charge in [-0.3, -0.25) is 0 Å². The van der Waals surface area contributed by atoms with Gasteiger partial charge in [-0.2, -0.15) is 0 Å². The van der Waals surface area contributed by atoms with Crippen molar-refractivity contribution >= 4 is 0 Å². The second kappa shape index (κ2) is 3.65. The number of rotatable bonds is 1. The zero-order valence-corrected chi connectivity index (χ0v) is 6.49. The van der Waals surface area contributed by atoms with Gasteiger partial charge < -0.3 is 29.9 Å². The summed E-state index contributed by atoms with van der Waals surface area (Å²) in [6, 6.07) is 0. The molecule has 6 nitrogen and oxygen atoms in total. The number of ether oxygens (including phenoxy) is 2. The summed E-state index contributed by atoms with van der Waals surface area (Å²) in [5, 5.41) is 36.2. The van der Waals surface area contributed by atoms with E-state index in [0.717, 1.165) is 0 Å². The quantitative estimate of drug-likeness (QED) is 0.353. The Bertz CT molecular complexity index is 146. The molecule has 6 heteroatoms. The van der Waals surface area contributed by atoms with E-state index in [4.69, 9.17) is 20.4 Å². The first-order valence-corrected chi connectivity index (χ1v) is 3.48. The van der Waals surface area contributed by atoms with Gasteiger partial charge in [0.05, 0.1) is 0 Å². The molecule has 0 saturated carbocycles. The maximum Gasteiger partial charge on any atom is 0.188 e. The van der Waals surface area contributed by atoms with Crippen LogP contribution < -0.4 is 0 Å². The Morgan fingerprint density at radius 2 is 1.58 bits per heavy atom. The first kappa shape index (κ1) is 9.85. The van der Waals surface area contributed by atoms with E-state index in [9.17, 15) is 0 Å². The number of aliphatic hydroxyl groups is 4. The zero-order valence-electron chi connectivity index (χ0n) is 6.49. The van der Waals surface area contributed by atoms with Gasteiger partial charge in [0.25, 0.3) is 0 Å². The van der Waals surface area contributed by atoms with E-state index >= 15 is 0 Å². The van der Waals surface area contributed by atoms with Crippen LogP contribution in [0.4, 0.5) is 0 Å². The number of hydrogen-bond acceptors (Lipinski definition) is 6. The standard InChI is InChI=1S/C6H12O6/c1-11-6-4(9)2(7)3(8)5(10)12-6/h2-10H,1H3/t2?,3?,4?,5-,6?/m1/s1. The van der Waals surface area contributed by atoms with Crippen molar-refractivity contribution in [3.63, 3.8) is 0 Å². The molecule has 0 aromatic carbocycles. The fraction of sp³-hybridized carbons (Fsp3) is 1.00. The van der Waals surface area contributed by atoms with Gasteiger partial charge in [0.15, 0.2) is 12.6 Å². The molecule has 4 unspecified atom stereocenters. The highest BCUT2D eigenvalue weighted by Crippen LogP contribution is 2.19. The summed E-state index contributed by atoms with van der Waals surface area (Å²) in [6.45, 7) is 0. The smallest absolute Gasteiger partial charge is 0.188 e. The Morgan fingerprint density at radius 3 is 2.08 bits per heavy atom. The first-order chi connectivity index (χ1) is 5.57. The van der Waals surface area contributed by atoms with E-state index < -0.39 is 30.9 Å². The van der Waals surface area contributed by atoms with Gasteiger partial charge in [0.2, 0.25) is 0 Å². The number of aliphatic hydroxyl groups excluding tert-OH is 4. The molecular weight excluding hydrogens is 168 g/mol. The molecule has 1 aliphatic heterocycles. The van der Waals surface area contributed by atoms with Crippen LogP contribution in [0.3, 0.4) is 0 Å². The lowest BCUT2D eigenvalue weighted by atomic mass is 10.0. The molecule has 4 N–H and O–H groups in total. The Kier molecular flexibility index (Phi) is 2.99. The Balaban J connectivity index is 2.63. The van der Waals surface area contributed by atoms with Crippen LogP contribution >= 0.6 is 0 Å². The van der Waals surface area contributed by atoms with Gasteiger partial charge in [0, 0.05) is 7.11 Å². The lowest BCUT2D eigenvalue weighted by Gasteiger charge is -2.37. The van der Waals surface area contributed by atoms with Crippen molar-refractivity contribution in [2.45, 2.75) is 30.9 Å². The van der Waals surface area contributed by atoms with Gasteiger partial charge >= 0.3 is 0 Å². The summed E-state index contributed by atoms with van der Waals surface area (Å²) < 4.78 is 9.19. The minimum atomic E-state index is -1.53. The Hall–Kier alpha value is -0.240. The lowest BCUT2D eigenvalue weighted by Crippen LogP contribution is -2.57. The van der Waals surface area contributed by atoms with Gasteiger partial charge in [-0.1, -0.05) is 0 Å². The van der Waals surface area contributed by atoms with Crippen LogP contribution in [0.15, 0.2) is 0 Å². The Morgan fingerprint density at radius 1 is 1.00 bits per heavy atom. The third-order valence-corrected chi connectivity index (χ3v) is 1.78. The molecule has 0 bridgehead atoms. The maximum atomic E-state index is 9.15. The van der Waals surface area contributed by atoms with E-state index in [0.29, 0.717) is 0 Å². The zero-order chi connectivity index (χ0) is 9.30. The van der Waals surface area contributed by atoms with Crippen LogP contribution in [0.25, 0.3) is 0 Å². The van der Waals surface area contributed by atoms with Crippen molar-refractivity contribution in [2.24, 2.45) is 0 Å². The summed E-state index contributed by atoms with van der Waals surface area (Å²) >= 11 is 0. The third kappa shape index (κ3) is 1.58. The minimum Gasteiger partial charge on any atom is -0.387 e. The lowest BCUT2D eigenvalue weighted by molar-refractivity contribution is -0.334. The highest BCUT2D eigenvalue weighted by Gasteiger charge is 2.43. The highest BCUT2D eigenvalue weighted by atomic mass is 16.7. The highest BCUT2D eigenvalue weighted by molar-refractivity contribution is 4.84. The van der Waals surface area contributed by atoms with Crippen LogP contribution in [-0.4, -0.2) is 58.4 Å². The van der Waals surface area contributed by atoms with E-state index in [-0.39, 0.29) is 0 Å². The Labute approximate surface area is 69.0 Å². The summed E-state index contributed by atoms with van der Waals surface area (Å²) in [5.41, 5.74) is 0. The molecule has 1 rings (SSSR count). The minimum absolute atomic E-state index is 1.11. The van der Waals surface area contributed by atoms with Gasteiger partial charge in [-0.15, -0.1) is 0 Å². The summed E-state index contributed by atoms with van der Waals surface area (Å²) in [7, 11) is 1.25. The van der Waals surface area contributed by atoms with E-state index in [1.54, 1.807) is 0 Å². The maximum absolute atomic E-state index is 9.15. The van der Waals surface area contributed by atoms with Crippen LogP contribution in [-0.2, 0) is 9.47 Å². The molecular formula is C6H12O6. The fourth-order valence-electron chi connectivity index (χ4n) is 1.03. The molecule has 1 aliphatic rings. The van der Waals surface area contributed by atoms with Crippen molar-refractivity contribution in [3.05, 3.63) is 0 Å². The summed E-state index contributed by atoms with van der Waals surface area (Å²) in [5.74, 6) is 0. The molecule has 1 saturated heterocycles. The van der Waals surface area contributed by atoms with Gasteiger partial charge in [-0.25, -0.2) is 0 Å². The van der Waals surface area contributed by atoms with E-state index in [1.165, 1.54) is 7.11 Å². The van der Waals surface area contributed by atoms with Gasteiger partial charge in [-0.05, 0) is 0 Å². The molecule has 0 amide bonds. The summed E-state index contributed by atoms with van der Waals surface area (Å²) in [6.07, 6.45) is -6.97. The number of methoxy groups -OCH3 is 1. The van der Waals surface area contributed by atoms with Crippen molar-refractivity contribution in [3.8, 4) is 0 Å².